The third kappa shape index (κ3) is 11.9. The van der Waals surface area contributed by atoms with E-state index in [-0.39, 0.29) is 24.5 Å². The van der Waals surface area contributed by atoms with Crippen LogP contribution in [0.2, 0.25) is 0 Å². The molecular formula is C20H37N5O7S. The molecule has 0 aromatic carbocycles. The molecule has 0 saturated carbocycles. The topological polar surface area (TPSA) is 214 Å². The highest BCUT2D eigenvalue weighted by Crippen LogP contribution is 2.10. The van der Waals surface area contributed by atoms with E-state index in [1.165, 1.54) is 0 Å². The summed E-state index contributed by atoms with van der Waals surface area (Å²) in [5, 5.41) is 25.8. The summed E-state index contributed by atoms with van der Waals surface area (Å²) in [6.45, 7) is 3.84. The minimum atomic E-state index is -1.26. The Bertz CT molecular complexity index is 679. The second-order valence-electron chi connectivity index (χ2n) is 7.84. The number of rotatable bonds is 17. The lowest BCUT2D eigenvalue weighted by Gasteiger charge is -2.26. The Morgan fingerprint density at radius 1 is 0.909 bits per heavy atom. The first-order valence-electron chi connectivity index (χ1n) is 10.9. The van der Waals surface area contributed by atoms with Crippen LogP contribution in [-0.2, 0) is 24.0 Å². The molecule has 0 bridgehead atoms. The molecule has 190 valence electrons. The lowest BCUT2D eigenvalue weighted by molar-refractivity contribution is -0.144. The maximum atomic E-state index is 12.9. The number of amides is 3. The largest absolute Gasteiger partial charge is 0.481 e. The minimum absolute atomic E-state index is 0.00934. The number of hydrogen-bond donors (Lipinski definition) is 8. The molecule has 33 heavy (non-hydrogen) atoms. The lowest BCUT2D eigenvalue weighted by Crippen LogP contribution is -2.57. The number of nitrogens with two attached hydrogens (primary N) is 2. The van der Waals surface area contributed by atoms with Crippen LogP contribution in [0.25, 0.3) is 0 Å². The van der Waals surface area contributed by atoms with Crippen molar-refractivity contribution >= 4 is 42.3 Å². The zero-order valence-electron chi connectivity index (χ0n) is 19.1. The molecule has 3 amide bonds. The Kier molecular flexibility index (Phi) is 15.1. The van der Waals surface area contributed by atoms with Gasteiger partial charge >= 0.3 is 11.9 Å². The highest BCUT2D eigenvalue weighted by atomic mass is 32.1. The molecule has 0 rings (SSSR count). The van der Waals surface area contributed by atoms with E-state index in [1.54, 1.807) is 13.8 Å². The van der Waals surface area contributed by atoms with Gasteiger partial charge in [0.15, 0.2) is 0 Å². The molecule has 12 nitrogen and oxygen atoms in total. The van der Waals surface area contributed by atoms with E-state index in [1.807, 2.05) is 0 Å². The molecule has 13 heteroatoms. The normalized spacial score (nSPS) is 15.4. The fourth-order valence-corrected chi connectivity index (χ4v) is 3.03. The second-order valence-corrected chi connectivity index (χ2v) is 8.20. The van der Waals surface area contributed by atoms with Gasteiger partial charge in [-0.1, -0.05) is 20.3 Å². The van der Waals surface area contributed by atoms with E-state index >= 15 is 0 Å². The first-order chi connectivity index (χ1) is 15.5. The molecule has 5 unspecified atom stereocenters. The standard InChI is InChI=1S/C20H37N5O7S/c1-3-11(2)16(20(31)32)25-19(30)13(6-4-5-9-21)24-18(29)14(7-8-15(26)27)23-17(28)12(22)10-33/h11-14,16,33H,3-10,21-22H2,1-2H3,(H,23,28)(H,24,29)(H,25,30)(H,26,27)(H,31,32). The number of thiol groups is 1. The number of hydrogen-bond acceptors (Lipinski definition) is 8. The molecule has 0 aliphatic rings. The van der Waals surface area contributed by atoms with Crippen LogP contribution in [0.3, 0.4) is 0 Å². The molecule has 5 atom stereocenters. The number of carboxylic acids is 2. The quantitative estimate of drug-likeness (QED) is 0.0906. The van der Waals surface area contributed by atoms with Gasteiger partial charge in [0.25, 0.3) is 0 Å². The van der Waals surface area contributed by atoms with Gasteiger partial charge in [0.05, 0.1) is 6.04 Å². The number of carbonyl (C=O) groups is 5. The Hall–Kier alpha value is -2.38. The van der Waals surface area contributed by atoms with E-state index in [0.29, 0.717) is 25.8 Å². The predicted octanol–water partition coefficient (Wildman–Crippen LogP) is -1.18. The highest BCUT2D eigenvalue weighted by molar-refractivity contribution is 7.80. The average molecular weight is 492 g/mol. The lowest BCUT2D eigenvalue weighted by atomic mass is 9.98. The van der Waals surface area contributed by atoms with Crippen molar-refractivity contribution < 1.29 is 34.2 Å². The van der Waals surface area contributed by atoms with Crippen LogP contribution in [0, 0.1) is 5.92 Å². The van der Waals surface area contributed by atoms with Crippen LogP contribution in [-0.4, -0.2) is 76.3 Å². The fraction of sp³-hybridized carbons (Fsp3) is 0.750. The van der Waals surface area contributed by atoms with E-state index in [0.717, 1.165) is 0 Å². The third-order valence-electron chi connectivity index (χ3n) is 5.17. The molecule has 0 radical (unpaired) electrons. The highest BCUT2D eigenvalue weighted by Gasteiger charge is 2.31. The molecule has 0 heterocycles. The monoisotopic (exact) mass is 491 g/mol. The first-order valence-corrected chi connectivity index (χ1v) is 11.5. The van der Waals surface area contributed by atoms with Crippen molar-refractivity contribution in [2.24, 2.45) is 17.4 Å². The van der Waals surface area contributed by atoms with Crippen LogP contribution in [0.1, 0.15) is 52.4 Å². The van der Waals surface area contributed by atoms with E-state index < -0.39 is 60.2 Å². The van der Waals surface area contributed by atoms with Gasteiger partial charge in [-0.15, -0.1) is 0 Å². The Morgan fingerprint density at radius 3 is 1.94 bits per heavy atom. The Balaban J connectivity index is 5.56. The van der Waals surface area contributed by atoms with Gasteiger partial charge in [-0.25, -0.2) is 4.79 Å². The maximum absolute atomic E-state index is 12.9. The summed E-state index contributed by atoms with van der Waals surface area (Å²) in [7, 11) is 0. The van der Waals surface area contributed by atoms with Gasteiger partial charge in [-0.05, 0) is 38.1 Å². The van der Waals surface area contributed by atoms with Crippen molar-refractivity contribution in [3.05, 3.63) is 0 Å². The summed E-state index contributed by atoms with van der Waals surface area (Å²) in [4.78, 5) is 60.4. The Morgan fingerprint density at radius 2 is 1.45 bits per heavy atom. The SMILES string of the molecule is CCC(C)C(NC(=O)C(CCCCN)NC(=O)C(CCC(=O)O)NC(=O)C(N)CS)C(=O)O. The van der Waals surface area contributed by atoms with E-state index in [2.05, 4.69) is 28.6 Å². The smallest absolute Gasteiger partial charge is 0.326 e. The summed E-state index contributed by atoms with van der Waals surface area (Å²) < 4.78 is 0. The summed E-state index contributed by atoms with van der Waals surface area (Å²) in [6.07, 6.45) is 1.10. The molecular weight excluding hydrogens is 454 g/mol. The van der Waals surface area contributed by atoms with Crippen LogP contribution in [0.15, 0.2) is 0 Å². The van der Waals surface area contributed by atoms with Crippen LogP contribution < -0.4 is 27.4 Å². The zero-order valence-corrected chi connectivity index (χ0v) is 20.0. The maximum Gasteiger partial charge on any atom is 0.326 e. The van der Waals surface area contributed by atoms with Crippen molar-refractivity contribution in [2.45, 2.75) is 76.5 Å². The number of aliphatic carboxylic acids is 2. The van der Waals surface area contributed by atoms with Gasteiger partial charge in [-0.2, -0.15) is 12.6 Å². The second kappa shape index (κ2) is 16.3. The fourth-order valence-electron chi connectivity index (χ4n) is 2.87. The molecule has 0 aromatic heterocycles. The average Bonchev–Trinajstić information content (AvgIpc) is 2.77. The van der Waals surface area contributed by atoms with Crippen molar-refractivity contribution in [1.29, 1.82) is 0 Å². The zero-order chi connectivity index (χ0) is 25.6. The van der Waals surface area contributed by atoms with Crippen molar-refractivity contribution in [3.8, 4) is 0 Å². The summed E-state index contributed by atoms with van der Waals surface area (Å²) >= 11 is 3.92. The van der Waals surface area contributed by atoms with Gasteiger partial charge < -0.3 is 37.6 Å². The molecule has 0 spiro atoms. The molecule has 0 aliphatic heterocycles. The molecule has 0 aromatic rings. The third-order valence-corrected chi connectivity index (χ3v) is 5.56. The molecule has 0 aliphatic carbocycles. The summed E-state index contributed by atoms with van der Waals surface area (Å²) in [5.41, 5.74) is 11.1. The molecule has 0 fully saturated rings. The predicted molar refractivity (Wildman–Crippen MR) is 124 cm³/mol. The molecule has 9 N–H and O–H groups in total. The van der Waals surface area contributed by atoms with Gasteiger partial charge in [0, 0.05) is 12.2 Å². The van der Waals surface area contributed by atoms with Crippen molar-refractivity contribution in [2.75, 3.05) is 12.3 Å². The van der Waals surface area contributed by atoms with E-state index in [9.17, 15) is 29.1 Å². The minimum Gasteiger partial charge on any atom is -0.481 e. The van der Waals surface area contributed by atoms with Gasteiger partial charge in [0.2, 0.25) is 17.7 Å². The van der Waals surface area contributed by atoms with Gasteiger partial charge in [0.1, 0.15) is 18.1 Å². The molecule has 0 saturated heterocycles. The number of carboxylic acid groups (broad SMARTS) is 2. The van der Waals surface area contributed by atoms with Crippen LogP contribution >= 0.6 is 12.6 Å². The van der Waals surface area contributed by atoms with Crippen molar-refractivity contribution in [1.82, 2.24) is 16.0 Å². The first kappa shape index (κ1) is 30.6. The summed E-state index contributed by atoms with van der Waals surface area (Å²) in [5.74, 6) is -4.87. The van der Waals surface area contributed by atoms with E-state index in [4.69, 9.17) is 16.6 Å². The van der Waals surface area contributed by atoms with Gasteiger partial charge in [-0.3, -0.25) is 19.2 Å². The number of unbranched alkanes of at least 4 members (excludes halogenated alkanes) is 1. The number of nitrogens with one attached hydrogen (secondary N) is 3. The van der Waals surface area contributed by atoms with Crippen LogP contribution in [0.4, 0.5) is 0 Å². The van der Waals surface area contributed by atoms with Crippen molar-refractivity contribution in [3.63, 3.8) is 0 Å². The van der Waals surface area contributed by atoms with Crippen LogP contribution in [0.5, 0.6) is 0 Å². The summed E-state index contributed by atoms with van der Waals surface area (Å²) in [6, 6.07) is -4.51. The Labute approximate surface area is 199 Å². The number of carbonyl (C=O) groups excluding carboxylic acids is 3.